The van der Waals surface area contributed by atoms with Gasteiger partial charge in [0, 0.05) is 11.8 Å². The van der Waals surface area contributed by atoms with E-state index in [9.17, 15) is 0 Å². The molecule has 0 aromatic heterocycles. The molecular formula is C12H20N2O2Zn. The summed E-state index contributed by atoms with van der Waals surface area (Å²) in [5.41, 5.74) is -0.0613. The van der Waals surface area contributed by atoms with Crippen LogP contribution in [0.1, 0.15) is 27.7 Å². The zero-order valence-corrected chi connectivity index (χ0v) is 14.2. The van der Waals surface area contributed by atoms with Crippen LogP contribution in [0.2, 0.25) is 0 Å². The first kappa shape index (κ1) is 16.3. The summed E-state index contributed by atoms with van der Waals surface area (Å²) in [6.07, 6.45) is 0. The van der Waals surface area contributed by atoms with Crippen molar-refractivity contribution in [3.63, 3.8) is 0 Å². The molecule has 0 aromatic carbocycles. The minimum absolute atomic E-state index is 0. The molecule has 4 nitrogen and oxygen atoms in total. The molecule has 0 saturated heterocycles. The van der Waals surface area contributed by atoms with Gasteiger partial charge in [0.25, 0.3) is 0 Å². The Balaban J connectivity index is 0.000000284. The van der Waals surface area contributed by atoms with Gasteiger partial charge in [-0.25, -0.2) is 0 Å². The minimum atomic E-state index is -0.0307. The molecule has 2 aliphatic rings. The molecule has 0 amide bonds. The fourth-order valence-electron chi connectivity index (χ4n) is 1.32. The molecule has 5 heteroatoms. The van der Waals surface area contributed by atoms with Crippen molar-refractivity contribution in [2.45, 2.75) is 38.8 Å². The van der Waals surface area contributed by atoms with Gasteiger partial charge in [0.2, 0.25) is 0 Å². The molecule has 0 spiro atoms. The molecule has 2 heterocycles. The zero-order chi connectivity index (χ0) is 12.4. The molecule has 2 aliphatic heterocycles. The van der Waals surface area contributed by atoms with Crippen LogP contribution in [0.15, 0.2) is 9.98 Å². The third-order valence-corrected chi connectivity index (χ3v) is 2.04. The van der Waals surface area contributed by atoms with Crippen LogP contribution in [0.3, 0.4) is 0 Å². The van der Waals surface area contributed by atoms with Crippen molar-refractivity contribution in [1.29, 1.82) is 0 Å². The zero-order valence-electron chi connectivity index (χ0n) is 11.2. The van der Waals surface area contributed by atoms with E-state index < -0.39 is 0 Å². The number of hydrogen-bond donors (Lipinski definition) is 0. The van der Waals surface area contributed by atoms with Crippen molar-refractivity contribution in [1.82, 2.24) is 0 Å². The van der Waals surface area contributed by atoms with E-state index >= 15 is 0 Å². The van der Waals surface area contributed by atoms with Gasteiger partial charge in [-0.05, 0) is 27.7 Å². The van der Waals surface area contributed by atoms with Crippen LogP contribution in [-0.2, 0) is 29.0 Å². The molecule has 0 radical (unpaired) electrons. The molecular weight excluding hydrogens is 270 g/mol. The number of hydrogen-bond acceptors (Lipinski definition) is 4. The summed E-state index contributed by atoms with van der Waals surface area (Å²) in [6, 6.07) is 0. The van der Waals surface area contributed by atoms with Gasteiger partial charge in [0.1, 0.15) is 13.2 Å². The van der Waals surface area contributed by atoms with E-state index in [0.29, 0.717) is 25.0 Å². The van der Waals surface area contributed by atoms with Crippen LogP contribution in [0.25, 0.3) is 0 Å². The first-order valence-corrected chi connectivity index (χ1v) is 5.29. The Hall–Kier alpha value is -0.697. The van der Waals surface area contributed by atoms with Crippen LogP contribution >= 0.6 is 0 Å². The van der Waals surface area contributed by atoms with Crippen molar-refractivity contribution in [3.05, 3.63) is 13.8 Å². The van der Waals surface area contributed by atoms with E-state index in [0.717, 1.165) is 0 Å². The first-order chi connectivity index (χ1) is 7.20. The number of ether oxygens (including phenoxy) is 2. The van der Waals surface area contributed by atoms with Gasteiger partial charge in [0.05, 0.1) is 11.1 Å². The van der Waals surface area contributed by atoms with Gasteiger partial charge in [0.15, 0.2) is 0 Å². The monoisotopic (exact) mass is 288 g/mol. The summed E-state index contributed by atoms with van der Waals surface area (Å²) in [7, 11) is 0. The number of aliphatic imine (C=N–C) groups is 2. The average Bonchev–Trinajstić information content (AvgIpc) is 2.56. The smallest absolute Gasteiger partial charge is 0.508 e. The molecule has 0 unspecified atom stereocenters. The van der Waals surface area contributed by atoms with Crippen LogP contribution < -0.4 is 0 Å². The van der Waals surface area contributed by atoms with E-state index in [-0.39, 0.29) is 30.6 Å². The summed E-state index contributed by atoms with van der Waals surface area (Å²) in [6.45, 7) is 16.5. The van der Waals surface area contributed by atoms with Crippen LogP contribution in [-0.4, -0.2) is 36.1 Å². The largest absolute Gasteiger partial charge is 2.00 e. The topological polar surface area (TPSA) is 43.2 Å². The molecule has 2 rings (SSSR count). The Morgan fingerprint density at radius 3 is 1.24 bits per heavy atom. The SMILES string of the molecule is [CH2-]C1=NC(C)(C)CO1.[CH2-]C1=NC(C)(C)CO1.[Zn+2]. The first-order valence-electron chi connectivity index (χ1n) is 5.29. The summed E-state index contributed by atoms with van der Waals surface area (Å²) >= 11 is 0. The molecule has 0 aliphatic carbocycles. The predicted octanol–water partition coefficient (Wildman–Crippen LogP) is 2.05. The third kappa shape index (κ3) is 5.97. The quantitative estimate of drug-likeness (QED) is 0.506. The van der Waals surface area contributed by atoms with Crippen molar-refractivity contribution in [2.24, 2.45) is 9.98 Å². The second kappa shape index (κ2) is 5.77. The maximum absolute atomic E-state index is 5.01. The molecule has 0 N–H and O–H groups in total. The van der Waals surface area contributed by atoms with Crippen molar-refractivity contribution in [3.8, 4) is 0 Å². The van der Waals surface area contributed by atoms with Gasteiger partial charge >= 0.3 is 19.5 Å². The summed E-state index contributed by atoms with van der Waals surface area (Å²) < 4.78 is 10.0. The fraction of sp³-hybridized carbons (Fsp3) is 0.667. The van der Waals surface area contributed by atoms with E-state index in [4.69, 9.17) is 9.47 Å². The van der Waals surface area contributed by atoms with Crippen molar-refractivity contribution in [2.75, 3.05) is 13.2 Å². The maximum atomic E-state index is 5.01. The maximum Gasteiger partial charge on any atom is 2.00 e. The molecule has 92 valence electrons. The molecule has 0 aromatic rings. The van der Waals surface area contributed by atoms with Crippen LogP contribution in [0.4, 0.5) is 0 Å². The average molecular weight is 290 g/mol. The van der Waals surface area contributed by atoms with Crippen molar-refractivity contribution >= 4 is 11.8 Å². The fourth-order valence-corrected chi connectivity index (χ4v) is 1.32. The summed E-state index contributed by atoms with van der Waals surface area (Å²) in [4.78, 5) is 8.21. The predicted molar refractivity (Wildman–Crippen MR) is 65.6 cm³/mol. The summed E-state index contributed by atoms with van der Waals surface area (Å²) in [5.74, 6) is 1.13. The van der Waals surface area contributed by atoms with Crippen molar-refractivity contribution < 1.29 is 29.0 Å². The van der Waals surface area contributed by atoms with Gasteiger partial charge < -0.3 is 23.3 Å². The van der Waals surface area contributed by atoms with E-state index in [1.165, 1.54) is 0 Å². The van der Waals surface area contributed by atoms with Gasteiger partial charge in [-0.2, -0.15) is 0 Å². The minimum Gasteiger partial charge on any atom is -0.508 e. The van der Waals surface area contributed by atoms with Crippen LogP contribution in [0.5, 0.6) is 0 Å². The second-order valence-electron chi connectivity index (χ2n) is 5.21. The molecule has 0 bridgehead atoms. The molecule has 0 atom stereocenters. The molecule has 0 fully saturated rings. The van der Waals surface area contributed by atoms with Gasteiger partial charge in [-0.3, -0.25) is 9.98 Å². The normalized spacial score (nSPS) is 23.1. The molecule has 17 heavy (non-hydrogen) atoms. The summed E-state index contributed by atoms with van der Waals surface area (Å²) in [5, 5.41) is 0. The van der Waals surface area contributed by atoms with Crippen LogP contribution in [0, 0.1) is 13.8 Å². The Labute approximate surface area is 117 Å². The van der Waals surface area contributed by atoms with E-state index in [1.54, 1.807) is 0 Å². The Morgan fingerprint density at radius 1 is 0.882 bits per heavy atom. The number of rotatable bonds is 0. The third-order valence-electron chi connectivity index (χ3n) is 2.04. The van der Waals surface area contributed by atoms with Gasteiger partial charge in [-0.1, -0.05) is 0 Å². The Bertz CT molecular complexity index is 290. The standard InChI is InChI=1S/2C6H10NO.Zn/c2*1-5-7-6(2,3)4-8-5;/h2*1,4H2,2-3H3;/q2*-1;+2. The Kier molecular flexibility index (Phi) is 5.53. The Morgan fingerprint density at radius 2 is 1.18 bits per heavy atom. The molecule has 0 saturated carbocycles. The second-order valence-corrected chi connectivity index (χ2v) is 5.21. The van der Waals surface area contributed by atoms with E-state index in [1.807, 2.05) is 27.7 Å². The number of nitrogens with zero attached hydrogens (tertiary/aromatic N) is 2. The van der Waals surface area contributed by atoms with Gasteiger partial charge in [-0.15, -0.1) is 0 Å². The van der Waals surface area contributed by atoms with E-state index in [2.05, 4.69) is 23.8 Å².